The van der Waals surface area contributed by atoms with Crippen molar-refractivity contribution < 1.29 is 9.53 Å². The lowest BCUT2D eigenvalue weighted by Gasteiger charge is -2.08. The predicted octanol–water partition coefficient (Wildman–Crippen LogP) is 1.72. The molecule has 3 aromatic heterocycles. The fraction of sp³-hybridized carbons (Fsp3) is 0.286. The Morgan fingerprint density at radius 1 is 1.22 bits per heavy atom. The minimum absolute atomic E-state index is 0.243. The number of carbonyl (C=O) groups excluding carboxylic acids is 1. The van der Waals surface area contributed by atoms with Gasteiger partial charge in [-0.3, -0.25) is 9.48 Å². The van der Waals surface area contributed by atoms with Gasteiger partial charge in [0.2, 0.25) is 11.8 Å². The molecule has 0 spiro atoms. The molecule has 166 valence electrons. The SMILES string of the molecule is CNC(=O)c1nn(C)c2ccc(Nc3nccc(-n4cc(CN(C)C)c(OC)n4)n3)cc12. The van der Waals surface area contributed by atoms with Crippen molar-refractivity contribution in [3.05, 3.63) is 47.9 Å². The number of benzene rings is 1. The molecule has 0 atom stereocenters. The molecular formula is C21H25N9O2. The van der Waals surface area contributed by atoms with Crippen LogP contribution >= 0.6 is 0 Å². The summed E-state index contributed by atoms with van der Waals surface area (Å²) in [4.78, 5) is 23.1. The first-order valence-corrected chi connectivity index (χ1v) is 9.96. The smallest absolute Gasteiger partial charge is 0.272 e. The van der Waals surface area contributed by atoms with E-state index in [0.29, 0.717) is 29.9 Å². The van der Waals surface area contributed by atoms with Crippen molar-refractivity contribution in [3.63, 3.8) is 0 Å². The van der Waals surface area contributed by atoms with E-state index < -0.39 is 0 Å². The molecule has 0 saturated carbocycles. The van der Waals surface area contributed by atoms with E-state index in [1.165, 1.54) is 0 Å². The van der Waals surface area contributed by atoms with Crippen molar-refractivity contribution in [2.75, 3.05) is 33.6 Å². The molecule has 1 amide bonds. The summed E-state index contributed by atoms with van der Waals surface area (Å²) in [5.74, 6) is 1.30. The number of rotatable bonds is 7. The van der Waals surface area contributed by atoms with Gasteiger partial charge in [-0.1, -0.05) is 0 Å². The fourth-order valence-corrected chi connectivity index (χ4v) is 3.43. The summed E-state index contributed by atoms with van der Waals surface area (Å²) in [6.07, 6.45) is 3.55. The fourth-order valence-electron chi connectivity index (χ4n) is 3.43. The molecular weight excluding hydrogens is 410 g/mol. The van der Waals surface area contributed by atoms with Crippen LogP contribution in [0.25, 0.3) is 16.7 Å². The molecule has 4 aromatic rings. The first-order chi connectivity index (χ1) is 15.4. The maximum absolute atomic E-state index is 12.2. The first kappa shape index (κ1) is 21.2. The lowest BCUT2D eigenvalue weighted by molar-refractivity contribution is 0.0959. The third-order valence-corrected chi connectivity index (χ3v) is 4.86. The number of carbonyl (C=O) groups is 1. The zero-order valence-electron chi connectivity index (χ0n) is 18.6. The highest BCUT2D eigenvalue weighted by atomic mass is 16.5. The molecule has 0 unspecified atom stereocenters. The van der Waals surface area contributed by atoms with Gasteiger partial charge in [0.15, 0.2) is 11.5 Å². The molecule has 32 heavy (non-hydrogen) atoms. The molecule has 0 fully saturated rings. The highest BCUT2D eigenvalue weighted by Gasteiger charge is 2.16. The molecule has 0 bridgehead atoms. The number of nitrogens with one attached hydrogen (secondary N) is 2. The Bertz CT molecular complexity index is 1280. The lowest BCUT2D eigenvalue weighted by Crippen LogP contribution is -2.18. The van der Waals surface area contributed by atoms with E-state index in [1.54, 1.807) is 42.8 Å². The minimum atomic E-state index is -0.243. The quantitative estimate of drug-likeness (QED) is 0.451. The van der Waals surface area contributed by atoms with Crippen LogP contribution in [0.3, 0.4) is 0 Å². The number of hydrogen-bond acceptors (Lipinski definition) is 8. The molecule has 11 nitrogen and oxygen atoms in total. The van der Waals surface area contributed by atoms with Crippen LogP contribution in [0.2, 0.25) is 0 Å². The average Bonchev–Trinajstić information content (AvgIpc) is 3.33. The Balaban J connectivity index is 1.64. The van der Waals surface area contributed by atoms with Crippen LogP contribution in [0.4, 0.5) is 11.6 Å². The van der Waals surface area contributed by atoms with Crippen molar-refractivity contribution in [2.24, 2.45) is 7.05 Å². The number of methoxy groups -OCH3 is 1. The summed E-state index contributed by atoms with van der Waals surface area (Å²) in [6.45, 7) is 0.693. The maximum atomic E-state index is 12.2. The normalized spacial score (nSPS) is 11.2. The molecule has 0 aliphatic rings. The van der Waals surface area contributed by atoms with E-state index in [1.807, 2.05) is 43.4 Å². The summed E-state index contributed by atoms with van der Waals surface area (Å²) in [7, 11) is 8.95. The van der Waals surface area contributed by atoms with Crippen LogP contribution in [0, 0.1) is 0 Å². The van der Waals surface area contributed by atoms with Crippen molar-refractivity contribution in [2.45, 2.75) is 6.54 Å². The van der Waals surface area contributed by atoms with Gasteiger partial charge < -0.3 is 20.3 Å². The largest absolute Gasteiger partial charge is 0.480 e. The minimum Gasteiger partial charge on any atom is -0.480 e. The topological polar surface area (TPSA) is 115 Å². The number of fused-ring (bicyclic) bond motifs is 1. The Kier molecular flexibility index (Phi) is 5.73. The van der Waals surface area contributed by atoms with Gasteiger partial charge in [0.05, 0.1) is 12.6 Å². The molecule has 2 N–H and O–H groups in total. The first-order valence-electron chi connectivity index (χ1n) is 9.96. The van der Waals surface area contributed by atoms with Gasteiger partial charge in [0, 0.05) is 55.7 Å². The van der Waals surface area contributed by atoms with Gasteiger partial charge in [0.1, 0.15) is 0 Å². The second-order valence-corrected chi connectivity index (χ2v) is 7.49. The van der Waals surface area contributed by atoms with Gasteiger partial charge in [-0.05, 0) is 32.3 Å². The molecule has 11 heteroatoms. The van der Waals surface area contributed by atoms with Crippen molar-refractivity contribution in [1.82, 2.24) is 39.7 Å². The van der Waals surface area contributed by atoms with Gasteiger partial charge in [-0.15, -0.1) is 5.10 Å². The monoisotopic (exact) mass is 435 g/mol. The second kappa shape index (κ2) is 8.63. The van der Waals surface area contributed by atoms with Crippen molar-refractivity contribution in [1.29, 1.82) is 0 Å². The van der Waals surface area contributed by atoms with Crippen LogP contribution < -0.4 is 15.4 Å². The molecule has 1 aromatic carbocycles. The average molecular weight is 435 g/mol. The number of amides is 1. The molecule has 0 aliphatic heterocycles. The summed E-state index contributed by atoms with van der Waals surface area (Å²) in [5.41, 5.74) is 2.90. The van der Waals surface area contributed by atoms with E-state index in [4.69, 9.17) is 4.74 Å². The summed E-state index contributed by atoms with van der Waals surface area (Å²) in [6, 6.07) is 7.41. The summed E-state index contributed by atoms with van der Waals surface area (Å²) >= 11 is 0. The molecule has 3 heterocycles. The van der Waals surface area contributed by atoms with E-state index in [-0.39, 0.29) is 5.91 Å². The zero-order valence-corrected chi connectivity index (χ0v) is 18.6. The van der Waals surface area contributed by atoms with Crippen molar-refractivity contribution >= 4 is 28.4 Å². The van der Waals surface area contributed by atoms with E-state index in [0.717, 1.165) is 22.2 Å². The van der Waals surface area contributed by atoms with Crippen LogP contribution in [0.5, 0.6) is 5.88 Å². The van der Waals surface area contributed by atoms with Gasteiger partial charge in [0.25, 0.3) is 5.91 Å². The standard InChI is InChI=1S/C21H25N9O2/c1-22-19(31)18-15-10-14(6-7-16(15)29(4)26-18)24-21-23-9-8-17(25-21)30-12-13(11-28(2)3)20(27-30)32-5/h6-10,12H,11H2,1-5H3,(H,22,31)(H,23,24,25). The second-order valence-electron chi connectivity index (χ2n) is 7.49. The van der Waals surface area contributed by atoms with E-state index >= 15 is 0 Å². The lowest BCUT2D eigenvalue weighted by atomic mass is 10.2. The van der Waals surface area contributed by atoms with Gasteiger partial charge in [-0.25, -0.2) is 9.67 Å². The van der Waals surface area contributed by atoms with E-state index in [2.05, 4.69) is 30.8 Å². The van der Waals surface area contributed by atoms with Crippen LogP contribution in [-0.4, -0.2) is 68.6 Å². The van der Waals surface area contributed by atoms with E-state index in [9.17, 15) is 4.79 Å². The van der Waals surface area contributed by atoms with Crippen LogP contribution in [-0.2, 0) is 13.6 Å². The molecule has 4 rings (SSSR count). The number of ether oxygens (including phenoxy) is 1. The van der Waals surface area contributed by atoms with Crippen molar-refractivity contribution in [3.8, 4) is 11.7 Å². The zero-order chi connectivity index (χ0) is 22.8. The molecule has 0 saturated heterocycles. The maximum Gasteiger partial charge on any atom is 0.272 e. The number of nitrogens with zero attached hydrogens (tertiary/aromatic N) is 7. The highest BCUT2D eigenvalue weighted by Crippen LogP contribution is 2.24. The van der Waals surface area contributed by atoms with Gasteiger partial charge in [-0.2, -0.15) is 10.1 Å². The van der Waals surface area contributed by atoms with Crippen LogP contribution in [0.15, 0.2) is 36.7 Å². The number of aryl methyl sites for hydroxylation is 1. The molecule has 0 radical (unpaired) electrons. The predicted molar refractivity (Wildman–Crippen MR) is 120 cm³/mol. The third-order valence-electron chi connectivity index (χ3n) is 4.86. The Morgan fingerprint density at radius 3 is 2.75 bits per heavy atom. The Labute approximate surface area is 185 Å². The summed E-state index contributed by atoms with van der Waals surface area (Å²) in [5, 5.41) is 15.4. The van der Waals surface area contributed by atoms with Crippen LogP contribution in [0.1, 0.15) is 16.1 Å². The molecule has 0 aliphatic carbocycles. The van der Waals surface area contributed by atoms with Gasteiger partial charge >= 0.3 is 0 Å². The highest BCUT2D eigenvalue weighted by molar-refractivity contribution is 6.05. The number of anilines is 2. The number of hydrogen-bond donors (Lipinski definition) is 2. The summed E-state index contributed by atoms with van der Waals surface area (Å²) < 4.78 is 8.74. The number of aromatic nitrogens is 6. The Morgan fingerprint density at radius 2 is 2.03 bits per heavy atom. The third kappa shape index (κ3) is 4.10. The Hall–Kier alpha value is -3.99.